The first-order valence-electron chi connectivity index (χ1n) is 9.01. The standard InChI is InChI=1S/C15H16N4.C3H8.C2H6/c1-4-10-12-14(18-7-5-16-12)11(9(2)3)15-13(10)17-6-8-19-15;1-3-2;1-2/h5-9H,4H2,1-3H3;3H2,1-2H3;1-2H3. The minimum Gasteiger partial charge on any atom is -0.253 e. The summed E-state index contributed by atoms with van der Waals surface area (Å²) >= 11 is 0. The summed E-state index contributed by atoms with van der Waals surface area (Å²) in [6, 6.07) is 0. The van der Waals surface area contributed by atoms with Crippen molar-refractivity contribution < 1.29 is 0 Å². The van der Waals surface area contributed by atoms with Gasteiger partial charge < -0.3 is 0 Å². The van der Waals surface area contributed by atoms with Crippen molar-refractivity contribution in [3.8, 4) is 0 Å². The van der Waals surface area contributed by atoms with E-state index in [1.807, 2.05) is 13.8 Å². The molecule has 130 valence electrons. The molecule has 0 saturated heterocycles. The Morgan fingerprint density at radius 3 is 1.33 bits per heavy atom. The molecule has 0 unspecified atom stereocenters. The number of aryl methyl sites for hydroxylation is 1. The third kappa shape index (κ3) is 4.05. The van der Waals surface area contributed by atoms with Crippen LogP contribution in [0.3, 0.4) is 0 Å². The van der Waals surface area contributed by atoms with E-state index in [0.717, 1.165) is 39.6 Å². The summed E-state index contributed by atoms with van der Waals surface area (Å²) in [6.45, 7) is 14.7. The first-order chi connectivity index (χ1) is 11.7. The molecule has 3 aromatic rings. The molecule has 4 nitrogen and oxygen atoms in total. The zero-order valence-corrected chi connectivity index (χ0v) is 16.1. The molecular formula is C20H30N4. The van der Waals surface area contributed by atoms with E-state index in [1.165, 1.54) is 6.42 Å². The Morgan fingerprint density at radius 1 is 0.708 bits per heavy atom. The maximum atomic E-state index is 4.53. The van der Waals surface area contributed by atoms with Gasteiger partial charge in [0.15, 0.2) is 0 Å². The van der Waals surface area contributed by atoms with E-state index in [9.17, 15) is 0 Å². The highest BCUT2D eigenvalue weighted by Gasteiger charge is 2.18. The van der Waals surface area contributed by atoms with Crippen molar-refractivity contribution in [1.82, 2.24) is 19.9 Å². The number of rotatable bonds is 2. The molecule has 2 aromatic heterocycles. The van der Waals surface area contributed by atoms with E-state index >= 15 is 0 Å². The zero-order chi connectivity index (χ0) is 18.1. The molecule has 0 aliphatic rings. The first kappa shape index (κ1) is 19.9. The van der Waals surface area contributed by atoms with Gasteiger partial charge >= 0.3 is 0 Å². The average molecular weight is 326 g/mol. The van der Waals surface area contributed by atoms with Gasteiger partial charge in [-0.25, -0.2) is 0 Å². The molecule has 0 radical (unpaired) electrons. The summed E-state index contributed by atoms with van der Waals surface area (Å²) in [5, 5.41) is 0. The molecule has 0 N–H and O–H groups in total. The quantitative estimate of drug-likeness (QED) is 0.567. The number of hydrogen-bond acceptors (Lipinski definition) is 4. The SMILES string of the molecule is CC.CCC.CCc1c2nccnc2c(C(C)C)c2nccnc12. The molecule has 24 heavy (non-hydrogen) atoms. The normalized spacial score (nSPS) is 10.2. The van der Waals surface area contributed by atoms with Gasteiger partial charge in [0.05, 0.1) is 22.1 Å². The lowest BCUT2D eigenvalue weighted by molar-refractivity contribution is 0.875. The van der Waals surface area contributed by atoms with Crippen molar-refractivity contribution in [2.45, 2.75) is 67.2 Å². The summed E-state index contributed by atoms with van der Waals surface area (Å²) in [7, 11) is 0. The Kier molecular flexibility index (Phi) is 8.24. The fourth-order valence-corrected chi connectivity index (χ4v) is 2.62. The third-order valence-electron chi connectivity index (χ3n) is 3.41. The summed E-state index contributed by atoms with van der Waals surface area (Å²) in [5.74, 6) is 0.337. The Labute approximate surface area is 145 Å². The Hall–Kier alpha value is -2.10. The number of hydrogen-bond donors (Lipinski definition) is 0. The van der Waals surface area contributed by atoms with Crippen molar-refractivity contribution in [2.24, 2.45) is 0 Å². The van der Waals surface area contributed by atoms with E-state index in [2.05, 4.69) is 54.6 Å². The third-order valence-corrected chi connectivity index (χ3v) is 3.41. The van der Waals surface area contributed by atoms with E-state index < -0.39 is 0 Å². The molecule has 3 rings (SSSR count). The molecule has 0 bridgehead atoms. The van der Waals surface area contributed by atoms with Gasteiger partial charge in [-0.3, -0.25) is 19.9 Å². The van der Waals surface area contributed by atoms with Crippen molar-refractivity contribution >= 4 is 22.1 Å². The molecule has 0 spiro atoms. The molecule has 0 saturated carbocycles. The van der Waals surface area contributed by atoms with E-state index in [4.69, 9.17) is 0 Å². The number of nitrogens with zero attached hydrogens (tertiary/aromatic N) is 4. The molecular weight excluding hydrogens is 296 g/mol. The van der Waals surface area contributed by atoms with Crippen LogP contribution in [-0.2, 0) is 6.42 Å². The predicted octanol–water partition coefficient (Wildman–Crippen LogP) is 5.70. The molecule has 0 aliphatic carbocycles. The van der Waals surface area contributed by atoms with E-state index in [-0.39, 0.29) is 0 Å². The van der Waals surface area contributed by atoms with Gasteiger partial charge in [0.25, 0.3) is 0 Å². The van der Waals surface area contributed by atoms with Crippen molar-refractivity contribution in [1.29, 1.82) is 0 Å². The minimum absolute atomic E-state index is 0.337. The second kappa shape index (κ2) is 9.91. The number of fused-ring (bicyclic) bond motifs is 2. The highest BCUT2D eigenvalue weighted by molar-refractivity contribution is 5.99. The van der Waals surface area contributed by atoms with Crippen LogP contribution in [0.15, 0.2) is 24.8 Å². The number of benzene rings is 1. The van der Waals surface area contributed by atoms with Crippen LogP contribution in [0.1, 0.15) is 71.9 Å². The molecule has 0 fully saturated rings. The smallest absolute Gasteiger partial charge is 0.0947 e. The van der Waals surface area contributed by atoms with Crippen molar-refractivity contribution in [2.75, 3.05) is 0 Å². The van der Waals surface area contributed by atoms with Gasteiger partial charge in [0, 0.05) is 35.9 Å². The van der Waals surface area contributed by atoms with Gasteiger partial charge in [-0.2, -0.15) is 0 Å². The largest absolute Gasteiger partial charge is 0.253 e. The van der Waals surface area contributed by atoms with Crippen LogP contribution in [0, 0.1) is 0 Å². The van der Waals surface area contributed by atoms with Gasteiger partial charge in [-0.1, -0.05) is 54.9 Å². The van der Waals surface area contributed by atoms with E-state index in [0.29, 0.717) is 5.92 Å². The second-order valence-electron chi connectivity index (χ2n) is 5.61. The van der Waals surface area contributed by atoms with Crippen LogP contribution >= 0.6 is 0 Å². The van der Waals surface area contributed by atoms with Crippen LogP contribution < -0.4 is 0 Å². The van der Waals surface area contributed by atoms with Gasteiger partial charge in [-0.05, 0) is 12.3 Å². The van der Waals surface area contributed by atoms with Crippen LogP contribution in [0.4, 0.5) is 0 Å². The maximum absolute atomic E-state index is 4.53. The van der Waals surface area contributed by atoms with Crippen LogP contribution in [0.25, 0.3) is 22.1 Å². The topological polar surface area (TPSA) is 51.6 Å². The van der Waals surface area contributed by atoms with Crippen LogP contribution in [0.2, 0.25) is 0 Å². The lowest BCUT2D eigenvalue weighted by Crippen LogP contribution is -2.02. The molecule has 0 atom stereocenters. The second-order valence-corrected chi connectivity index (χ2v) is 5.61. The molecule has 0 amide bonds. The fraction of sp³-hybridized carbons (Fsp3) is 0.500. The molecule has 0 aliphatic heterocycles. The van der Waals surface area contributed by atoms with Gasteiger partial charge in [0.1, 0.15) is 0 Å². The number of aromatic nitrogens is 4. The highest BCUT2D eigenvalue weighted by Crippen LogP contribution is 2.32. The van der Waals surface area contributed by atoms with E-state index in [1.54, 1.807) is 24.8 Å². The Morgan fingerprint density at radius 2 is 1.04 bits per heavy atom. The van der Waals surface area contributed by atoms with Crippen molar-refractivity contribution in [3.05, 3.63) is 35.9 Å². The van der Waals surface area contributed by atoms with Crippen LogP contribution in [-0.4, -0.2) is 19.9 Å². The first-order valence-corrected chi connectivity index (χ1v) is 9.01. The molecule has 4 heteroatoms. The van der Waals surface area contributed by atoms with Gasteiger partial charge in [0.2, 0.25) is 0 Å². The molecule has 2 heterocycles. The molecule has 1 aromatic carbocycles. The fourth-order valence-electron chi connectivity index (χ4n) is 2.62. The summed E-state index contributed by atoms with van der Waals surface area (Å²) in [6.07, 6.45) is 9.11. The monoisotopic (exact) mass is 326 g/mol. The predicted molar refractivity (Wildman–Crippen MR) is 103 cm³/mol. The summed E-state index contributed by atoms with van der Waals surface area (Å²) in [4.78, 5) is 18.1. The minimum atomic E-state index is 0.337. The van der Waals surface area contributed by atoms with Crippen molar-refractivity contribution in [3.63, 3.8) is 0 Å². The lowest BCUT2D eigenvalue weighted by Gasteiger charge is -2.14. The zero-order valence-electron chi connectivity index (χ0n) is 16.1. The maximum Gasteiger partial charge on any atom is 0.0947 e. The average Bonchev–Trinajstić information content (AvgIpc) is 2.61. The highest BCUT2D eigenvalue weighted by atomic mass is 14.8. The van der Waals surface area contributed by atoms with Gasteiger partial charge in [-0.15, -0.1) is 0 Å². The Balaban J connectivity index is 0.000000521. The summed E-state index contributed by atoms with van der Waals surface area (Å²) < 4.78 is 0. The lowest BCUT2D eigenvalue weighted by atomic mass is 9.95. The van der Waals surface area contributed by atoms with Crippen LogP contribution in [0.5, 0.6) is 0 Å². The Bertz CT molecular complexity index is 709. The summed E-state index contributed by atoms with van der Waals surface area (Å²) in [5.41, 5.74) is 6.12.